The minimum atomic E-state index is -3.78. The van der Waals surface area contributed by atoms with E-state index in [1.54, 1.807) is 24.3 Å². The first-order chi connectivity index (χ1) is 9.86. The molecule has 21 heavy (non-hydrogen) atoms. The van der Waals surface area contributed by atoms with Crippen LogP contribution in [0.4, 0.5) is 11.5 Å². The molecule has 0 radical (unpaired) electrons. The monoisotopic (exact) mass is 327 g/mol. The molecule has 1 aromatic heterocycles. The predicted molar refractivity (Wildman–Crippen MR) is 82.2 cm³/mol. The van der Waals surface area contributed by atoms with Gasteiger partial charge in [-0.25, -0.2) is 13.4 Å². The Hall–Kier alpha value is -1.99. The zero-order valence-electron chi connectivity index (χ0n) is 11.4. The summed E-state index contributed by atoms with van der Waals surface area (Å²) in [6.45, 7) is 0. The number of methoxy groups -OCH3 is 1. The van der Waals surface area contributed by atoms with Crippen LogP contribution in [-0.4, -0.2) is 27.6 Å². The predicted octanol–water partition coefficient (Wildman–Crippen LogP) is 2.15. The number of nitrogen functional groups attached to an aromatic ring is 1. The van der Waals surface area contributed by atoms with Gasteiger partial charge >= 0.3 is 0 Å². The number of benzene rings is 1. The van der Waals surface area contributed by atoms with Gasteiger partial charge in [0, 0.05) is 19.3 Å². The normalized spacial score (nSPS) is 11.2. The van der Waals surface area contributed by atoms with Crippen molar-refractivity contribution in [2.24, 2.45) is 0 Å². The van der Waals surface area contributed by atoms with Crippen molar-refractivity contribution >= 4 is 33.1 Å². The maximum atomic E-state index is 12.5. The number of hydrogen-bond donors (Lipinski definition) is 1. The van der Waals surface area contributed by atoms with Crippen molar-refractivity contribution in [2.75, 3.05) is 24.2 Å². The lowest BCUT2D eigenvalue weighted by atomic mass is 10.3. The Morgan fingerprint density at radius 3 is 2.67 bits per heavy atom. The number of ether oxygens (including phenoxy) is 1. The van der Waals surface area contributed by atoms with E-state index in [4.69, 9.17) is 22.1 Å². The average molecular weight is 328 g/mol. The van der Waals surface area contributed by atoms with Gasteiger partial charge in [-0.1, -0.05) is 17.7 Å². The van der Waals surface area contributed by atoms with Crippen molar-refractivity contribution in [1.82, 2.24) is 4.98 Å². The largest absolute Gasteiger partial charge is 0.497 e. The van der Waals surface area contributed by atoms with Crippen LogP contribution in [0.15, 0.2) is 41.4 Å². The highest BCUT2D eigenvalue weighted by Crippen LogP contribution is 2.27. The fraction of sp³-hybridized carbons (Fsp3) is 0.154. The standard InChI is InChI=1S/C13H14ClN3O3S/c1-17(9-4-3-5-10(6-9)20-2)21(18,19)11-7-12(14)13(15)16-8-11/h3-8H,1-2H3,(H2,15,16). The lowest BCUT2D eigenvalue weighted by Gasteiger charge is -2.20. The molecule has 1 heterocycles. The molecule has 0 aliphatic heterocycles. The molecule has 0 saturated heterocycles. The fourth-order valence-electron chi connectivity index (χ4n) is 1.68. The van der Waals surface area contributed by atoms with Gasteiger partial charge in [0.1, 0.15) is 16.5 Å². The van der Waals surface area contributed by atoms with Crippen molar-refractivity contribution in [1.29, 1.82) is 0 Å². The number of hydrogen-bond acceptors (Lipinski definition) is 5. The molecule has 0 amide bonds. The van der Waals surface area contributed by atoms with E-state index in [0.717, 1.165) is 4.31 Å². The summed E-state index contributed by atoms with van der Waals surface area (Å²) < 4.78 is 31.3. The summed E-state index contributed by atoms with van der Waals surface area (Å²) in [5.74, 6) is 0.641. The zero-order valence-corrected chi connectivity index (χ0v) is 13.0. The molecule has 0 saturated carbocycles. The van der Waals surface area contributed by atoms with Crippen LogP contribution in [0.3, 0.4) is 0 Å². The van der Waals surface area contributed by atoms with Gasteiger partial charge in [0.15, 0.2) is 0 Å². The molecular weight excluding hydrogens is 314 g/mol. The van der Waals surface area contributed by atoms with E-state index >= 15 is 0 Å². The van der Waals surface area contributed by atoms with Crippen molar-refractivity contribution in [3.8, 4) is 5.75 Å². The van der Waals surface area contributed by atoms with E-state index in [9.17, 15) is 8.42 Å². The summed E-state index contributed by atoms with van der Waals surface area (Å²) in [7, 11) is -0.831. The first kappa shape index (κ1) is 15.4. The fourth-order valence-corrected chi connectivity index (χ4v) is 3.07. The van der Waals surface area contributed by atoms with E-state index in [-0.39, 0.29) is 15.7 Å². The molecule has 2 N–H and O–H groups in total. The van der Waals surface area contributed by atoms with Crippen molar-refractivity contribution in [2.45, 2.75) is 4.90 Å². The molecule has 112 valence electrons. The minimum absolute atomic E-state index is 0.0352. The van der Waals surface area contributed by atoms with Crippen LogP contribution < -0.4 is 14.8 Å². The Balaban J connectivity index is 2.44. The highest BCUT2D eigenvalue weighted by atomic mass is 35.5. The lowest BCUT2D eigenvalue weighted by molar-refractivity contribution is 0.415. The number of aromatic nitrogens is 1. The molecule has 0 aliphatic carbocycles. The van der Waals surface area contributed by atoms with E-state index in [2.05, 4.69) is 4.98 Å². The molecule has 1 aromatic carbocycles. The highest BCUT2D eigenvalue weighted by molar-refractivity contribution is 7.92. The van der Waals surface area contributed by atoms with Gasteiger partial charge in [0.25, 0.3) is 10.0 Å². The summed E-state index contributed by atoms with van der Waals surface area (Å²) in [5.41, 5.74) is 5.95. The third-order valence-corrected chi connectivity index (χ3v) is 4.97. The highest BCUT2D eigenvalue weighted by Gasteiger charge is 2.23. The molecule has 0 spiro atoms. The molecule has 2 aromatic rings. The lowest BCUT2D eigenvalue weighted by Crippen LogP contribution is -2.26. The molecule has 6 nitrogen and oxygen atoms in total. The Kier molecular flexibility index (Phi) is 4.24. The third-order valence-electron chi connectivity index (χ3n) is 2.92. The van der Waals surface area contributed by atoms with Gasteiger partial charge in [-0.3, -0.25) is 4.31 Å². The van der Waals surface area contributed by atoms with Crippen molar-refractivity contribution < 1.29 is 13.2 Å². The Morgan fingerprint density at radius 2 is 2.05 bits per heavy atom. The van der Waals surface area contributed by atoms with Gasteiger partial charge in [-0.05, 0) is 18.2 Å². The summed E-state index contributed by atoms with van der Waals surface area (Å²) in [4.78, 5) is 3.73. The quantitative estimate of drug-likeness (QED) is 0.930. The number of nitrogens with zero attached hydrogens (tertiary/aromatic N) is 2. The van der Waals surface area contributed by atoms with Crippen LogP contribution in [0.2, 0.25) is 5.02 Å². The van der Waals surface area contributed by atoms with E-state index in [0.29, 0.717) is 11.4 Å². The second kappa shape index (κ2) is 5.79. The van der Waals surface area contributed by atoms with Crippen LogP contribution in [-0.2, 0) is 10.0 Å². The van der Waals surface area contributed by atoms with Gasteiger partial charge in [-0.15, -0.1) is 0 Å². The molecule has 0 fully saturated rings. The van der Waals surface area contributed by atoms with Crippen LogP contribution >= 0.6 is 11.6 Å². The van der Waals surface area contributed by atoms with Crippen LogP contribution in [0, 0.1) is 0 Å². The molecule has 0 unspecified atom stereocenters. The molecule has 8 heteroatoms. The SMILES string of the molecule is COc1cccc(N(C)S(=O)(=O)c2cnc(N)c(Cl)c2)c1. The average Bonchev–Trinajstić information content (AvgIpc) is 2.49. The van der Waals surface area contributed by atoms with Crippen LogP contribution in [0.25, 0.3) is 0 Å². The first-order valence-corrected chi connectivity index (χ1v) is 7.72. The van der Waals surface area contributed by atoms with Crippen molar-refractivity contribution in [3.63, 3.8) is 0 Å². The summed E-state index contributed by atoms with van der Waals surface area (Å²) >= 11 is 5.83. The number of pyridine rings is 1. The topological polar surface area (TPSA) is 85.5 Å². The Morgan fingerprint density at radius 1 is 1.33 bits per heavy atom. The van der Waals surface area contributed by atoms with E-state index in [1.807, 2.05) is 0 Å². The molecule has 0 atom stereocenters. The van der Waals surface area contributed by atoms with Crippen molar-refractivity contribution in [3.05, 3.63) is 41.6 Å². The third kappa shape index (κ3) is 3.03. The second-order valence-corrected chi connectivity index (χ2v) is 6.59. The Bertz CT molecular complexity index is 765. The van der Waals surface area contributed by atoms with E-state index in [1.165, 1.54) is 26.4 Å². The minimum Gasteiger partial charge on any atom is -0.497 e. The zero-order chi connectivity index (χ0) is 15.6. The summed E-state index contributed by atoms with van der Waals surface area (Å²) in [6.07, 6.45) is 1.17. The number of nitrogens with two attached hydrogens (primary N) is 1. The summed E-state index contributed by atoms with van der Waals surface area (Å²) in [6, 6.07) is 7.98. The smallest absolute Gasteiger partial charge is 0.265 e. The molecular formula is C13H14ClN3O3S. The number of sulfonamides is 1. The van der Waals surface area contributed by atoms with Gasteiger partial charge in [0.2, 0.25) is 0 Å². The van der Waals surface area contributed by atoms with E-state index < -0.39 is 10.0 Å². The van der Waals surface area contributed by atoms with Gasteiger partial charge in [-0.2, -0.15) is 0 Å². The number of anilines is 2. The van der Waals surface area contributed by atoms with Gasteiger partial charge < -0.3 is 10.5 Å². The second-order valence-electron chi connectivity index (χ2n) is 4.21. The Labute approximate surface area is 128 Å². The number of halogens is 1. The van der Waals surface area contributed by atoms with Crippen LogP contribution in [0.5, 0.6) is 5.75 Å². The molecule has 2 rings (SSSR count). The van der Waals surface area contributed by atoms with Gasteiger partial charge in [0.05, 0.1) is 17.8 Å². The summed E-state index contributed by atoms with van der Waals surface area (Å²) in [5, 5.41) is 0.0927. The maximum absolute atomic E-state index is 12.5. The number of rotatable bonds is 4. The molecule has 0 aliphatic rings. The molecule has 0 bridgehead atoms. The maximum Gasteiger partial charge on any atom is 0.265 e. The van der Waals surface area contributed by atoms with Crippen LogP contribution in [0.1, 0.15) is 0 Å². The first-order valence-electron chi connectivity index (χ1n) is 5.90.